The SMILES string of the molecule is COc1ccnc2c1CCCC2S(=O)c1nc2ccc(C(F)(F)F)cc2[nH]1. The number of nitrogens with one attached hydrogen (secondary N) is 1. The fourth-order valence-corrected chi connectivity index (χ4v) is 4.87. The van der Waals surface area contributed by atoms with Crippen LogP contribution in [0.1, 0.15) is 34.9 Å². The summed E-state index contributed by atoms with van der Waals surface area (Å²) in [5, 5.41) is -0.224. The highest BCUT2D eigenvalue weighted by molar-refractivity contribution is 7.85. The van der Waals surface area contributed by atoms with Gasteiger partial charge in [0.15, 0.2) is 5.16 Å². The van der Waals surface area contributed by atoms with Crippen molar-refractivity contribution in [2.75, 3.05) is 7.11 Å². The summed E-state index contributed by atoms with van der Waals surface area (Å²) in [7, 11) is 0.00919. The molecule has 0 saturated heterocycles. The zero-order valence-electron chi connectivity index (χ0n) is 14.3. The van der Waals surface area contributed by atoms with Crippen molar-refractivity contribution in [3.63, 3.8) is 0 Å². The standard InChI is InChI=1S/C18H16F3N3O2S/c1-26-14-7-8-22-16-11(14)3-2-4-15(16)27(25)17-23-12-6-5-10(18(19,20)21)9-13(12)24-17/h5-9,15H,2-4H2,1H3,(H,23,24). The first-order valence-corrected chi connectivity index (χ1v) is 9.59. The van der Waals surface area contributed by atoms with E-state index in [9.17, 15) is 17.4 Å². The summed E-state index contributed by atoms with van der Waals surface area (Å²) in [5.74, 6) is 0.709. The Balaban J connectivity index is 1.72. The number of fused-ring (bicyclic) bond motifs is 2. The van der Waals surface area contributed by atoms with Crippen LogP contribution in [0.3, 0.4) is 0 Å². The molecule has 1 N–H and O–H groups in total. The minimum absolute atomic E-state index is 0.159. The summed E-state index contributed by atoms with van der Waals surface area (Å²) in [6.07, 6.45) is -0.563. The number of hydrogen-bond donors (Lipinski definition) is 1. The molecule has 27 heavy (non-hydrogen) atoms. The van der Waals surface area contributed by atoms with E-state index in [0.717, 1.165) is 30.5 Å². The van der Waals surface area contributed by atoms with Gasteiger partial charge in [-0.3, -0.25) is 9.19 Å². The largest absolute Gasteiger partial charge is 0.496 e. The molecule has 0 saturated carbocycles. The van der Waals surface area contributed by atoms with Gasteiger partial charge in [0.25, 0.3) is 0 Å². The minimum Gasteiger partial charge on any atom is -0.496 e. The molecule has 0 bridgehead atoms. The van der Waals surface area contributed by atoms with Crippen LogP contribution in [0.2, 0.25) is 0 Å². The third-order valence-electron chi connectivity index (χ3n) is 4.70. The number of aromatic amines is 1. The average molecular weight is 395 g/mol. The third-order valence-corrected chi connectivity index (χ3v) is 6.25. The Hall–Kier alpha value is -2.42. The van der Waals surface area contributed by atoms with Gasteiger partial charge in [0.05, 0.1) is 45.5 Å². The lowest BCUT2D eigenvalue weighted by molar-refractivity contribution is -0.137. The van der Waals surface area contributed by atoms with Crippen molar-refractivity contribution in [1.29, 1.82) is 0 Å². The predicted octanol–water partition coefficient (Wildman–Crippen LogP) is 4.17. The van der Waals surface area contributed by atoms with Crippen LogP contribution >= 0.6 is 0 Å². The lowest BCUT2D eigenvalue weighted by atomic mass is 9.95. The van der Waals surface area contributed by atoms with Crippen molar-refractivity contribution in [1.82, 2.24) is 15.0 Å². The molecule has 0 radical (unpaired) electrons. The maximum absolute atomic E-state index is 13.1. The molecule has 142 valence electrons. The van der Waals surface area contributed by atoms with Crippen molar-refractivity contribution < 1.29 is 22.1 Å². The molecule has 5 nitrogen and oxygen atoms in total. The molecular formula is C18H16F3N3O2S. The number of aromatic nitrogens is 3. The lowest BCUT2D eigenvalue weighted by Crippen LogP contribution is -2.17. The summed E-state index contributed by atoms with van der Waals surface area (Å²) >= 11 is 0. The van der Waals surface area contributed by atoms with E-state index in [0.29, 0.717) is 23.4 Å². The van der Waals surface area contributed by atoms with Gasteiger partial charge in [0.2, 0.25) is 0 Å². The normalized spacial score (nSPS) is 18.3. The highest BCUT2D eigenvalue weighted by Gasteiger charge is 2.33. The Labute approximate surface area is 155 Å². The number of ether oxygens (including phenoxy) is 1. The molecule has 0 spiro atoms. The molecule has 3 aromatic rings. The molecule has 9 heteroatoms. The fourth-order valence-electron chi connectivity index (χ4n) is 3.41. The second-order valence-electron chi connectivity index (χ2n) is 6.33. The number of methoxy groups -OCH3 is 1. The van der Waals surface area contributed by atoms with Gasteiger partial charge in [-0.15, -0.1) is 0 Å². The van der Waals surface area contributed by atoms with E-state index in [1.165, 1.54) is 6.07 Å². The third kappa shape index (κ3) is 3.20. The maximum atomic E-state index is 13.1. The zero-order chi connectivity index (χ0) is 19.2. The molecule has 2 atom stereocenters. The number of benzene rings is 1. The van der Waals surface area contributed by atoms with Crippen molar-refractivity contribution in [3.8, 4) is 5.75 Å². The van der Waals surface area contributed by atoms with Crippen LogP contribution < -0.4 is 4.74 Å². The second-order valence-corrected chi connectivity index (χ2v) is 7.88. The van der Waals surface area contributed by atoms with Crippen molar-refractivity contribution in [3.05, 3.63) is 47.3 Å². The summed E-state index contributed by atoms with van der Waals surface area (Å²) in [6.45, 7) is 0. The van der Waals surface area contributed by atoms with E-state index in [4.69, 9.17) is 4.74 Å². The second kappa shape index (κ2) is 6.63. The Morgan fingerprint density at radius 3 is 2.85 bits per heavy atom. The summed E-state index contributed by atoms with van der Waals surface area (Å²) in [4.78, 5) is 11.4. The van der Waals surface area contributed by atoms with Gasteiger partial charge >= 0.3 is 6.18 Å². The van der Waals surface area contributed by atoms with Gasteiger partial charge in [-0.25, -0.2) is 4.98 Å². The Bertz CT molecular complexity index is 1030. The number of nitrogens with zero attached hydrogens (tertiary/aromatic N) is 2. The van der Waals surface area contributed by atoms with Crippen molar-refractivity contribution in [2.24, 2.45) is 0 Å². The quantitative estimate of drug-likeness (QED) is 0.723. The molecule has 2 heterocycles. The highest BCUT2D eigenvalue weighted by atomic mass is 32.2. The summed E-state index contributed by atoms with van der Waals surface area (Å²) in [6, 6.07) is 5.01. The molecule has 1 aromatic carbocycles. The first-order valence-electron chi connectivity index (χ1n) is 8.38. The summed E-state index contributed by atoms with van der Waals surface area (Å²) in [5.41, 5.74) is 1.42. The Morgan fingerprint density at radius 2 is 2.11 bits per heavy atom. The highest BCUT2D eigenvalue weighted by Crippen LogP contribution is 2.39. The molecule has 0 aliphatic heterocycles. The van der Waals surface area contributed by atoms with Crippen LogP contribution in [0.4, 0.5) is 13.2 Å². The van der Waals surface area contributed by atoms with Crippen molar-refractivity contribution >= 4 is 21.8 Å². The van der Waals surface area contributed by atoms with Crippen LogP contribution in [0.5, 0.6) is 5.75 Å². The predicted molar refractivity (Wildman–Crippen MR) is 94.0 cm³/mol. The first-order chi connectivity index (χ1) is 12.9. The molecule has 1 aliphatic rings. The number of rotatable bonds is 3. The van der Waals surface area contributed by atoms with Gasteiger partial charge in [-0.2, -0.15) is 13.2 Å². The number of hydrogen-bond acceptors (Lipinski definition) is 4. The van der Waals surface area contributed by atoms with E-state index in [1.54, 1.807) is 19.4 Å². The van der Waals surface area contributed by atoms with E-state index in [-0.39, 0.29) is 15.9 Å². The number of imidazole rings is 1. The number of H-pyrrole nitrogens is 1. The minimum atomic E-state index is -4.44. The van der Waals surface area contributed by atoms with Crippen LogP contribution in [0.15, 0.2) is 35.6 Å². The number of pyridine rings is 1. The number of halogens is 3. The molecule has 1 aliphatic carbocycles. The summed E-state index contributed by atoms with van der Waals surface area (Å²) < 4.78 is 57.2. The fraction of sp³-hybridized carbons (Fsp3) is 0.333. The first kappa shape index (κ1) is 18.0. The number of alkyl halides is 3. The van der Waals surface area contributed by atoms with Gasteiger partial charge < -0.3 is 9.72 Å². The van der Waals surface area contributed by atoms with E-state index < -0.39 is 22.5 Å². The van der Waals surface area contributed by atoms with Crippen LogP contribution in [-0.2, 0) is 23.4 Å². The average Bonchev–Trinajstić information content (AvgIpc) is 3.09. The van der Waals surface area contributed by atoms with E-state index in [2.05, 4.69) is 15.0 Å². The molecule has 4 rings (SSSR count). The van der Waals surface area contributed by atoms with Crippen LogP contribution in [0, 0.1) is 0 Å². The zero-order valence-corrected chi connectivity index (χ0v) is 15.2. The topological polar surface area (TPSA) is 67.9 Å². The Morgan fingerprint density at radius 1 is 1.30 bits per heavy atom. The van der Waals surface area contributed by atoms with Crippen LogP contribution in [0.25, 0.3) is 11.0 Å². The van der Waals surface area contributed by atoms with Gasteiger partial charge in [-0.05, 0) is 43.5 Å². The van der Waals surface area contributed by atoms with E-state index >= 15 is 0 Å². The smallest absolute Gasteiger partial charge is 0.416 e. The molecule has 0 fully saturated rings. The molecule has 2 aromatic heterocycles. The molecular weight excluding hydrogens is 379 g/mol. The monoisotopic (exact) mass is 395 g/mol. The maximum Gasteiger partial charge on any atom is 0.416 e. The molecule has 2 unspecified atom stereocenters. The van der Waals surface area contributed by atoms with Crippen molar-refractivity contribution in [2.45, 2.75) is 35.8 Å². The Kier molecular flexibility index (Phi) is 4.41. The van der Waals surface area contributed by atoms with Gasteiger partial charge in [0.1, 0.15) is 5.75 Å². The van der Waals surface area contributed by atoms with Crippen LogP contribution in [-0.4, -0.2) is 26.3 Å². The van der Waals surface area contributed by atoms with Gasteiger partial charge in [0, 0.05) is 11.8 Å². The lowest BCUT2D eigenvalue weighted by Gasteiger charge is -2.24. The van der Waals surface area contributed by atoms with Gasteiger partial charge in [-0.1, -0.05) is 0 Å². The van der Waals surface area contributed by atoms with E-state index in [1.807, 2.05) is 0 Å². The molecule has 0 amide bonds.